The van der Waals surface area contributed by atoms with Crippen LogP contribution in [0.5, 0.6) is 5.75 Å². The second-order valence-electron chi connectivity index (χ2n) is 6.35. The fourth-order valence-corrected chi connectivity index (χ4v) is 3.43. The van der Waals surface area contributed by atoms with Crippen LogP contribution in [-0.4, -0.2) is 14.5 Å². The quantitative estimate of drug-likeness (QED) is 0.717. The van der Waals surface area contributed by atoms with Crippen LogP contribution in [0.1, 0.15) is 25.0 Å². The topological polar surface area (TPSA) is 106 Å². The molecule has 2 N–H and O–H groups in total. The normalized spacial score (nSPS) is 11.7. The maximum absolute atomic E-state index is 13.2. The molecule has 0 aliphatic rings. The smallest absolute Gasteiger partial charge is 0.213 e. The molecule has 0 saturated heterocycles. The average Bonchev–Trinajstić information content (AvgIpc) is 2.91. The van der Waals surface area contributed by atoms with E-state index in [0.717, 1.165) is 0 Å². The molecule has 0 unspecified atom stereocenters. The summed E-state index contributed by atoms with van der Waals surface area (Å²) in [5.74, 6) is -0.249. The molecule has 6 nitrogen and oxygen atoms in total. The van der Waals surface area contributed by atoms with Crippen molar-refractivity contribution >= 4 is 21.0 Å². The molecule has 0 amide bonds. The summed E-state index contributed by atoms with van der Waals surface area (Å²) in [7, 11) is -3.80. The number of primary sulfonamides is 1. The minimum Gasteiger partial charge on any atom is -0.491 e. The monoisotopic (exact) mass is 388 g/mol. The molecule has 3 rings (SSSR count). The second-order valence-corrected chi connectivity index (χ2v) is 7.97. The van der Waals surface area contributed by atoms with Gasteiger partial charge in [0.15, 0.2) is 5.76 Å². The number of benzene rings is 2. The van der Waals surface area contributed by atoms with E-state index in [1.807, 2.05) is 0 Å². The molecule has 0 aliphatic carbocycles. The third-order valence-electron chi connectivity index (χ3n) is 3.81. The molecule has 2 aromatic carbocycles. The van der Waals surface area contributed by atoms with Crippen LogP contribution in [0, 0.1) is 17.1 Å². The highest BCUT2D eigenvalue weighted by Gasteiger charge is 2.21. The number of furan rings is 1. The van der Waals surface area contributed by atoms with Crippen molar-refractivity contribution in [1.29, 1.82) is 5.26 Å². The highest BCUT2D eigenvalue weighted by Crippen LogP contribution is 2.37. The van der Waals surface area contributed by atoms with Crippen LogP contribution in [0.4, 0.5) is 4.39 Å². The molecular formula is C19H17FN2O4S. The Morgan fingerprint density at radius 2 is 1.93 bits per heavy atom. The summed E-state index contributed by atoms with van der Waals surface area (Å²) in [6, 6.07) is 10.7. The molecule has 27 heavy (non-hydrogen) atoms. The summed E-state index contributed by atoms with van der Waals surface area (Å²) in [6.45, 7) is 3.60. The Hall–Kier alpha value is -2.89. The van der Waals surface area contributed by atoms with Gasteiger partial charge in [-0.25, -0.2) is 17.9 Å². The van der Waals surface area contributed by atoms with Gasteiger partial charge in [-0.15, -0.1) is 0 Å². The van der Waals surface area contributed by atoms with E-state index in [4.69, 9.17) is 14.3 Å². The maximum atomic E-state index is 13.2. The molecule has 0 radical (unpaired) electrons. The fraction of sp³-hybridized carbons (Fsp3) is 0.211. The summed E-state index contributed by atoms with van der Waals surface area (Å²) in [4.78, 5) is 0. The van der Waals surface area contributed by atoms with E-state index in [2.05, 4.69) is 6.07 Å². The number of halogens is 1. The van der Waals surface area contributed by atoms with Gasteiger partial charge in [-0.2, -0.15) is 5.26 Å². The van der Waals surface area contributed by atoms with Gasteiger partial charge in [-0.05, 0) is 50.2 Å². The number of ether oxygens (including phenoxy) is 1. The van der Waals surface area contributed by atoms with Crippen LogP contribution in [-0.2, 0) is 15.8 Å². The van der Waals surface area contributed by atoms with Crippen LogP contribution >= 0.6 is 0 Å². The number of fused-ring (bicyclic) bond motifs is 1. The van der Waals surface area contributed by atoms with E-state index in [9.17, 15) is 18.1 Å². The zero-order valence-corrected chi connectivity index (χ0v) is 15.5. The van der Waals surface area contributed by atoms with E-state index in [1.165, 1.54) is 30.3 Å². The first-order valence-electron chi connectivity index (χ1n) is 8.10. The van der Waals surface area contributed by atoms with Crippen LogP contribution in [0.25, 0.3) is 22.3 Å². The second kappa shape index (κ2) is 7.02. The molecule has 0 fully saturated rings. The maximum Gasteiger partial charge on any atom is 0.213 e. The first-order valence-corrected chi connectivity index (χ1v) is 9.82. The first kappa shape index (κ1) is 18.9. The highest BCUT2D eigenvalue weighted by atomic mass is 32.2. The van der Waals surface area contributed by atoms with Crippen molar-refractivity contribution in [2.45, 2.75) is 25.7 Å². The molecule has 0 spiro atoms. The summed E-state index contributed by atoms with van der Waals surface area (Å²) in [5, 5.41) is 15.3. The van der Waals surface area contributed by atoms with Crippen LogP contribution in [0.2, 0.25) is 0 Å². The Kier molecular flexibility index (Phi) is 4.91. The molecule has 0 saturated carbocycles. The number of sulfonamides is 1. The van der Waals surface area contributed by atoms with Gasteiger partial charge in [0.2, 0.25) is 10.0 Å². The van der Waals surface area contributed by atoms with Crippen LogP contribution < -0.4 is 9.88 Å². The van der Waals surface area contributed by atoms with Gasteiger partial charge in [0.1, 0.15) is 28.8 Å². The molecule has 140 valence electrons. The molecule has 1 heterocycles. The number of nitrogens with zero attached hydrogens (tertiary/aromatic N) is 1. The summed E-state index contributed by atoms with van der Waals surface area (Å²) < 4.78 is 47.8. The third kappa shape index (κ3) is 4.10. The molecule has 0 aliphatic heterocycles. The Morgan fingerprint density at radius 3 is 2.48 bits per heavy atom. The van der Waals surface area contributed by atoms with Crippen LogP contribution in [0.3, 0.4) is 0 Å². The van der Waals surface area contributed by atoms with Crippen molar-refractivity contribution in [3.63, 3.8) is 0 Å². The number of hydrogen-bond donors (Lipinski definition) is 1. The van der Waals surface area contributed by atoms with Gasteiger partial charge in [-0.1, -0.05) is 0 Å². The molecular weight excluding hydrogens is 371 g/mol. The van der Waals surface area contributed by atoms with Gasteiger partial charge in [0.25, 0.3) is 0 Å². The Morgan fingerprint density at radius 1 is 1.26 bits per heavy atom. The van der Waals surface area contributed by atoms with E-state index in [1.54, 1.807) is 19.9 Å². The highest BCUT2D eigenvalue weighted by molar-refractivity contribution is 7.88. The largest absolute Gasteiger partial charge is 0.491 e. The molecule has 1 aromatic heterocycles. The van der Waals surface area contributed by atoms with Gasteiger partial charge in [0, 0.05) is 16.5 Å². The SMILES string of the molecule is CC(C)Oc1cc2c(C#N)c(-c3ccc(F)cc3)oc2cc1CS(N)(=O)=O. The summed E-state index contributed by atoms with van der Waals surface area (Å²) in [6.07, 6.45) is -0.212. The summed E-state index contributed by atoms with van der Waals surface area (Å²) >= 11 is 0. The number of nitrogens with two attached hydrogens (primary N) is 1. The predicted molar refractivity (Wildman–Crippen MR) is 98.9 cm³/mol. The number of nitriles is 1. The number of rotatable bonds is 5. The lowest BCUT2D eigenvalue weighted by Gasteiger charge is -2.14. The average molecular weight is 388 g/mol. The first-order chi connectivity index (χ1) is 12.7. The molecule has 0 atom stereocenters. The van der Waals surface area contributed by atoms with E-state index >= 15 is 0 Å². The lowest BCUT2D eigenvalue weighted by Crippen LogP contribution is -2.16. The lowest BCUT2D eigenvalue weighted by molar-refractivity contribution is 0.241. The van der Waals surface area contributed by atoms with Crippen LogP contribution in [0.15, 0.2) is 40.8 Å². The van der Waals surface area contributed by atoms with E-state index in [-0.39, 0.29) is 17.4 Å². The van der Waals surface area contributed by atoms with E-state index < -0.39 is 21.6 Å². The number of hydrogen-bond acceptors (Lipinski definition) is 5. The Balaban J connectivity index is 2.24. The Bertz CT molecular complexity index is 1140. The molecule has 8 heteroatoms. The van der Waals surface area contributed by atoms with Crippen molar-refractivity contribution in [2.24, 2.45) is 5.14 Å². The van der Waals surface area contributed by atoms with Crippen molar-refractivity contribution in [3.05, 3.63) is 53.3 Å². The van der Waals surface area contributed by atoms with Crippen molar-refractivity contribution in [3.8, 4) is 23.1 Å². The van der Waals surface area contributed by atoms with Crippen molar-refractivity contribution < 1.29 is 22.0 Å². The predicted octanol–water partition coefficient (Wildman–Crippen LogP) is 3.69. The van der Waals surface area contributed by atoms with Crippen molar-refractivity contribution in [2.75, 3.05) is 0 Å². The zero-order chi connectivity index (χ0) is 19.8. The van der Waals surface area contributed by atoms with Gasteiger partial charge >= 0.3 is 0 Å². The third-order valence-corrected chi connectivity index (χ3v) is 4.52. The fourth-order valence-electron chi connectivity index (χ4n) is 2.77. The van der Waals surface area contributed by atoms with E-state index in [0.29, 0.717) is 27.8 Å². The van der Waals surface area contributed by atoms with Gasteiger partial charge in [-0.3, -0.25) is 0 Å². The van der Waals surface area contributed by atoms with Gasteiger partial charge in [0.05, 0.1) is 11.9 Å². The Labute approximate surface area is 156 Å². The standard InChI is InChI=1S/C19H17FN2O4S/c1-11(2)25-17-8-15-16(9-21)19(12-3-5-14(20)6-4-12)26-18(15)7-13(17)10-27(22,23)24/h3-8,11H,10H2,1-2H3,(H2,22,23,24). The minimum absolute atomic E-state index is 0.212. The summed E-state index contributed by atoms with van der Waals surface area (Å²) in [5.41, 5.74) is 1.44. The van der Waals surface area contributed by atoms with Crippen molar-refractivity contribution in [1.82, 2.24) is 0 Å². The minimum atomic E-state index is -3.80. The lowest BCUT2D eigenvalue weighted by atomic mass is 10.0. The zero-order valence-electron chi connectivity index (χ0n) is 14.7. The molecule has 0 bridgehead atoms. The molecule has 3 aromatic rings. The van der Waals surface area contributed by atoms with Gasteiger partial charge < -0.3 is 9.15 Å².